The second-order valence-corrected chi connectivity index (χ2v) is 9.94. The van der Waals surface area contributed by atoms with Crippen molar-refractivity contribution in [3.63, 3.8) is 0 Å². The fraction of sp³-hybridized carbons (Fsp3) is 0.588. The molecule has 0 atom stereocenters. The molecule has 1 N–H and O–H groups in total. The van der Waals surface area contributed by atoms with Crippen LogP contribution in [0.2, 0.25) is 0 Å². The van der Waals surface area contributed by atoms with Crippen LogP contribution in [0.4, 0.5) is 5.00 Å². The Labute approximate surface area is 174 Å². The fourth-order valence-electron chi connectivity index (χ4n) is 2.95. The molecule has 0 aliphatic carbocycles. The maximum absolute atomic E-state index is 12.5. The molecular weight excluding hydrogens is 420 g/mol. The smallest absolute Gasteiger partial charge is 0.341 e. The minimum atomic E-state index is -3.24. The number of hydrogen-bond donors (Lipinski definition) is 1. The van der Waals surface area contributed by atoms with E-state index in [1.807, 2.05) is 4.90 Å². The fourth-order valence-corrected chi connectivity index (χ4v) is 5.00. The van der Waals surface area contributed by atoms with E-state index in [4.69, 9.17) is 4.74 Å². The highest BCUT2D eigenvalue weighted by molar-refractivity contribution is 7.88. The second-order valence-electron chi connectivity index (χ2n) is 6.94. The molecule has 1 aliphatic heterocycles. The summed E-state index contributed by atoms with van der Waals surface area (Å²) < 4.78 is 29.3. The lowest BCUT2D eigenvalue weighted by Crippen LogP contribution is -2.50. The van der Waals surface area contributed by atoms with Crippen LogP contribution in [0.1, 0.15) is 25.6 Å². The van der Waals surface area contributed by atoms with Gasteiger partial charge in [0.2, 0.25) is 15.9 Å². The number of carbonyl (C=O) groups excluding carboxylic acids is 3. The van der Waals surface area contributed by atoms with Crippen molar-refractivity contribution in [1.29, 1.82) is 0 Å². The largest absolute Gasteiger partial charge is 0.465 e. The van der Waals surface area contributed by atoms with E-state index in [0.717, 1.165) is 17.6 Å². The number of sulfonamides is 1. The summed E-state index contributed by atoms with van der Waals surface area (Å²) in [6.45, 7) is 3.18. The van der Waals surface area contributed by atoms with E-state index >= 15 is 0 Å². The lowest BCUT2D eigenvalue weighted by Gasteiger charge is -2.32. The summed E-state index contributed by atoms with van der Waals surface area (Å²) in [5.41, 5.74) is 0.621. The van der Waals surface area contributed by atoms with Crippen molar-refractivity contribution in [3.05, 3.63) is 16.0 Å². The summed E-state index contributed by atoms with van der Waals surface area (Å²) in [5, 5.41) is 2.97. The number of esters is 1. The Morgan fingerprint density at radius 3 is 2.24 bits per heavy atom. The van der Waals surface area contributed by atoms with Crippen molar-refractivity contribution < 1.29 is 27.5 Å². The predicted octanol–water partition coefficient (Wildman–Crippen LogP) is 0.0606. The van der Waals surface area contributed by atoms with Gasteiger partial charge in [-0.15, -0.1) is 11.3 Å². The van der Waals surface area contributed by atoms with E-state index in [1.165, 1.54) is 16.3 Å². The van der Waals surface area contributed by atoms with Gasteiger partial charge in [-0.3, -0.25) is 14.5 Å². The number of methoxy groups -OCH3 is 1. The Balaban J connectivity index is 2.12. The molecule has 10 nitrogen and oxygen atoms in total. The number of amides is 2. The van der Waals surface area contributed by atoms with E-state index < -0.39 is 16.0 Å². The molecule has 2 heterocycles. The van der Waals surface area contributed by atoms with Gasteiger partial charge in [0.15, 0.2) is 0 Å². The zero-order valence-electron chi connectivity index (χ0n) is 17.1. The van der Waals surface area contributed by atoms with Crippen LogP contribution >= 0.6 is 11.3 Å². The predicted molar refractivity (Wildman–Crippen MR) is 110 cm³/mol. The monoisotopic (exact) mass is 446 g/mol. The number of carbonyl (C=O) groups is 3. The molecule has 1 saturated heterocycles. The minimum absolute atomic E-state index is 0.0477. The Morgan fingerprint density at radius 1 is 1.17 bits per heavy atom. The van der Waals surface area contributed by atoms with Gasteiger partial charge in [-0.25, -0.2) is 13.2 Å². The third-order valence-corrected chi connectivity index (χ3v) is 7.06. The van der Waals surface area contributed by atoms with Crippen LogP contribution in [-0.2, 0) is 19.6 Å². The Morgan fingerprint density at radius 2 is 1.76 bits per heavy atom. The first kappa shape index (κ1) is 23.3. The average Bonchev–Trinajstić information content (AvgIpc) is 2.95. The van der Waals surface area contributed by atoms with Crippen LogP contribution in [-0.4, -0.2) is 100 Å². The van der Waals surface area contributed by atoms with Crippen molar-refractivity contribution in [1.82, 2.24) is 14.1 Å². The highest BCUT2D eigenvalue weighted by Crippen LogP contribution is 2.34. The summed E-state index contributed by atoms with van der Waals surface area (Å²) in [6.07, 6.45) is 1.16. The number of ether oxygens (including phenoxy) is 1. The molecule has 0 saturated carbocycles. The number of hydrogen-bond acceptors (Lipinski definition) is 8. The lowest BCUT2D eigenvalue weighted by atomic mass is 10.1. The van der Waals surface area contributed by atoms with Crippen LogP contribution in [0.5, 0.6) is 0 Å². The Hall–Kier alpha value is -2.02. The summed E-state index contributed by atoms with van der Waals surface area (Å²) in [6, 6.07) is 0. The lowest BCUT2D eigenvalue weighted by molar-refractivity contribution is -0.117. The van der Waals surface area contributed by atoms with E-state index in [2.05, 4.69) is 5.32 Å². The van der Waals surface area contributed by atoms with E-state index in [-0.39, 0.29) is 28.9 Å². The number of nitrogens with one attached hydrogen (secondary N) is 1. The zero-order valence-corrected chi connectivity index (χ0v) is 18.8. The normalized spacial score (nSPS) is 15.8. The van der Waals surface area contributed by atoms with Crippen molar-refractivity contribution in [2.45, 2.75) is 6.92 Å². The summed E-state index contributed by atoms with van der Waals surface area (Å²) in [4.78, 5) is 40.7. The van der Waals surface area contributed by atoms with Crippen LogP contribution in [0, 0.1) is 6.92 Å². The molecule has 0 unspecified atom stereocenters. The van der Waals surface area contributed by atoms with Gasteiger partial charge >= 0.3 is 5.97 Å². The van der Waals surface area contributed by atoms with Crippen molar-refractivity contribution in [2.24, 2.45) is 0 Å². The van der Waals surface area contributed by atoms with Gasteiger partial charge in [-0.05, 0) is 12.5 Å². The highest BCUT2D eigenvalue weighted by Gasteiger charge is 2.28. The van der Waals surface area contributed by atoms with E-state index in [0.29, 0.717) is 36.6 Å². The van der Waals surface area contributed by atoms with Crippen LogP contribution in [0.3, 0.4) is 0 Å². The van der Waals surface area contributed by atoms with Gasteiger partial charge in [-0.1, -0.05) is 0 Å². The SMILES string of the molecule is COC(=O)c1c(NC(=O)CN2CCN(S(C)(=O)=O)CC2)sc(C(=O)N(C)C)c1C. The molecule has 1 fully saturated rings. The highest BCUT2D eigenvalue weighted by atomic mass is 32.2. The quantitative estimate of drug-likeness (QED) is 0.614. The van der Waals surface area contributed by atoms with Crippen LogP contribution in [0.15, 0.2) is 0 Å². The first-order valence-corrected chi connectivity index (χ1v) is 11.5. The molecule has 0 spiro atoms. The molecule has 1 aromatic rings. The van der Waals surface area contributed by atoms with Gasteiger partial charge < -0.3 is 15.0 Å². The van der Waals surface area contributed by atoms with Gasteiger partial charge in [0, 0.05) is 40.3 Å². The molecule has 1 aromatic heterocycles. The van der Waals surface area contributed by atoms with Crippen molar-refractivity contribution in [3.8, 4) is 0 Å². The van der Waals surface area contributed by atoms with Crippen LogP contribution < -0.4 is 5.32 Å². The summed E-state index contributed by atoms with van der Waals surface area (Å²) in [7, 11) is 1.20. The number of nitrogens with zero attached hydrogens (tertiary/aromatic N) is 3. The Bertz CT molecular complexity index is 901. The molecule has 2 amide bonds. The first-order chi connectivity index (χ1) is 13.5. The van der Waals surface area contributed by atoms with E-state index in [1.54, 1.807) is 21.0 Å². The third-order valence-electron chi connectivity index (χ3n) is 4.56. The second kappa shape index (κ2) is 9.20. The zero-order chi connectivity index (χ0) is 21.9. The molecule has 1 aliphatic rings. The molecular formula is C17H26N4O6S2. The number of anilines is 1. The van der Waals surface area contributed by atoms with Crippen LogP contribution in [0.25, 0.3) is 0 Å². The van der Waals surface area contributed by atoms with Crippen molar-refractivity contribution >= 4 is 44.1 Å². The molecule has 12 heteroatoms. The molecule has 0 radical (unpaired) electrons. The maximum Gasteiger partial charge on any atom is 0.341 e. The summed E-state index contributed by atoms with van der Waals surface area (Å²) >= 11 is 1.03. The number of rotatable bonds is 6. The topological polar surface area (TPSA) is 116 Å². The van der Waals surface area contributed by atoms with Crippen molar-refractivity contribution in [2.75, 3.05) is 65.5 Å². The third kappa shape index (κ3) is 5.53. The molecule has 2 rings (SSSR count). The van der Waals surface area contributed by atoms with Gasteiger partial charge in [0.05, 0.1) is 30.4 Å². The standard InChI is InChI=1S/C17H26N4O6S2/c1-11-13(17(24)27-4)15(28-14(11)16(23)19(2)3)18-12(22)10-20-6-8-21(9-7-20)29(5,25)26/h6-10H2,1-5H3,(H,18,22). The molecule has 29 heavy (non-hydrogen) atoms. The van der Waals surface area contributed by atoms with Gasteiger partial charge in [0.25, 0.3) is 5.91 Å². The maximum atomic E-state index is 12.5. The van der Waals surface area contributed by atoms with Gasteiger partial charge in [0.1, 0.15) is 5.00 Å². The molecule has 0 bridgehead atoms. The summed E-state index contributed by atoms with van der Waals surface area (Å²) in [5.74, 6) is -1.25. The van der Waals surface area contributed by atoms with E-state index in [9.17, 15) is 22.8 Å². The first-order valence-electron chi connectivity index (χ1n) is 8.86. The molecule has 162 valence electrons. The van der Waals surface area contributed by atoms with Gasteiger partial charge in [-0.2, -0.15) is 4.31 Å². The number of thiophene rings is 1. The average molecular weight is 447 g/mol. The Kier molecular flexibility index (Phi) is 7.38. The minimum Gasteiger partial charge on any atom is -0.465 e. The molecule has 0 aromatic carbocycles. The number of piperazine rings is 1.